The van der Waals surface area contributed by atoms with Crippen LogP contribution >= 0.6 is 23.5 Å². The summed E-state index contributed by atoms with van der Waals surface area (Å²) < 4.78 is 1.38. The summed E-state index contributed by atoms with van der Waals surface area (Å²) in [7, 11) is 1.62. The van der Waals surface area contributed by atoms with Gasteiger partial charge in [0.25, 0.3) is 0 Å². The van der Waals surface area contributed by atoms with Gasteiger partial charge in [0, 0.05) is 24.2 Å². The highest BCUT2D eigenvalue weighted by atomic mass is 32.2. The fourth-order valence-corrected chi connectivity index (χ4v) is 3.15. The molecule has 0 aliphatic carbocycles. The van der Waals surface area contributed by atoms with Crippen molar-refractivity contribution in [2.24, 2.45) is 7.05 Å². The summed E-state index contributed by atoms with van der Waals surface area (Å²) in [5.41, 5.74) is 0.958. The monoisotopic (exact) mass is 338 g/mol. The first-order chi connectivity index (χ1) is 10.6. The van der Waals surface area contributed by atoms with Crippen LogP contribution in [0, 0.1) is 6.92 Å². The molecule has 1 aromatic heterocycles. The van der Waals surface area contributed by atoms with Gasteiger partial charge in [0.1, 0.15) is 0 Å². The van der Waals surface area contributed by atoms with Crippen LogP contribution in [0.5, 0.6) is 0 Å². The summed E-state index contributed by atoms with van der Waals surface area (Å²) in [4.78, 5) is 24.1. The van der Waals surface area contributed by atoms with Crippen molar-refractivity contribution in [1.29, 1.82) is 0 Å². The maximum absolute atomic E-state index is 11.7. The molecule has 8 heteroatoms. The lowest BCUT2D eigenvalue weighted by Crippen LogP contribution is -2.27. The number of amides is 1. The van der Waals surface area contributed by atoms with Gasteiger partial charge in [0.05, 0.1) is 5.75 Å². The predicted molar refractivity (Wildman–Crippen MR) is 89.5 cm³/mol. The van der Waals surface area contributed by atoms with Gasteiger partial charge >= 0.3 is 5.69 Å². The number of H-pyrrole nitrogens is 1. The standard InChI is InChI=1S/C14H18N4O2S2/c1-10-3-5-11(6-4-10)21-8-7-15-12(19)9-22-14-17-16-13(20)18(14)2/h3-6H,7-9H2,1-2H3,(H,15,19)(H,16,20). The third-order valence-electron chi connectivity index (χ3n) is 2.89. The van der Waals surface area contributed by atoms with Gasteiger partial charge in [0.15, 0.2) is 5.16 Å². The van der Waals surface area contributed by atoms with E-state index in [0.717, 1.165) is 5.75 Å². The number of rotatable bonds is 7. The van der Waals surface area contributed by atoms with Crippen LogP contribution in [0.25, 0.3) is 0 Å². The number of hydrogen-bond donors (Lipinski definition) is 2. The Balaban J connectivity index is 1.64. The highest BCUT2D eigenvalue weighted by Gasteiger charge is 2.08. The quantitative estimate of drug-likeness (QED) is 0.589. The Bertz CT molecular complexity index is 679. The average Bonchev–Trinajstić information content (AvgIpc) is 2.83. The lowest BCUT2D eigenvalue weighted by molar-refractivity contribution is -0.118. The zero-order chi connectivity index (χ0) is 15.9. The van der Waals surface area contributed by atoms with E-state index in [1.54, 1.807) is 18.8 Å². The van der Waals surface area contributed by atoms with Crippen LogP contribution in [-0.2, 0) is 11.8 Å². The maximum atomic E-state index is 11.7. The van der Waals surface area contributed by atoms with Crippen molar-refractivity contribution in [3.63, 3.8) is 0 Å². The summed E-state index contributed by atoms with van der Waals surface area (Å²) in [5, 5.41) is 9.53. The number of carbonyl (C=O) groups excluding carboxylic acids is 1. The molecule has 0 bridgehead atoms. The molecule has 1 amide bonds. The number of nitrogens with zero attached hydrogens (tertiary/aromatic N) is 2. The van der Waals surface area contributed by atoms with Crippen molar-refractivity contribution in [3.8, 4) is 0 Å². The maximum Gasteiger partial charge on any atom is 0.343 e. The number of aromatic nitrogens is 3. The second-order valence-electron chi connectivity index (χ2n) is 4.67. The Morgan fingerprint density at radius 1 is 1.32 bits per heavy atom. The number of aryl methyl sites for hydroxylation is 1. The van der Waals surface area contributed by atoms with Crippen molar-refractivity contribution in [3.05, 3.63) is 40.3 Å². The van der Waals surface area contributed by atoms with E-state index in [1.165, 1.54) is 26.8 Å². The van der Waals surface area contributed by atoms with Crippen molar-refractivity contribution >= 4 is 29.4 Å². The van der Waals surface area contributed by atoms with Crippen molar-refractivity contribution in [1.82, 2.24) is 20.1 Å². The fourth-order valence-electron chi connectivity index (χ4n) is 1.64. The minimum absolute atomic E-state index is 0.0649. The third-order valence-corrected chi connectivity index (χ3v) is 4.93. The third kappa shape index (κ3) is 4.96. The van der Waals surface area contributed by atoms with Gasteiger partial charge in [-0.3, -0.25) is 9.36 Å². The van der Waals surface area contributed by atoms with E-state index in [1.807, 2.05) is 0 Å². The van der Waals surface area contributed by atoms with Gasteiger partial charge < -0.3 is 5.32 Å². The zero-order valence-electron chi connectivity index (χ0n) is 12.5. The van der Waals surface area contributed by atoms with Gasteiger partial charge in [-0.2, -0.15) is 0 Å². The average molecular weight is 338 g/mol. The van der Waals surface area contributed by atoms with Crippen LogP contribution in [0.4, 0.5) is 0 Å². The normalized spacial score (nSPS) is 10.6. The number of nitrogens with one attached hydrogen (secondary N) is 2. The number of aromatic amines is 1. The predicted octanol–water partition coefficient (Wildman–Crippen LogP) is 1.42. The molecule has 0 fully saturated rings. The molecule has 1 aromatic carbocycles. The second kappa shape index (κ2) is 8.09. The second-order valence-corrected chi connectivity index (χ2v) is 6.78. The smallest absolute Gasteiger partial charge is 0.343 e. The minimum atomic E-state index is -0.280. The first-order valence-electron chi connectivity index (χ1n) is 6.76. The molecule has 0 spiro atoms. The van der Waals surface area contributed by atoms with Gasteiger partial charge in [-0.05, 0) is 19.1 Å². The molecule has 0 unspecified atom stereocenters. The Morgan fingerprint density at radius 3 is 2.68 bits per heavy atom. The Labute approximate surface area is 137 Å². The topological polar surface area (TPSA) is 79.8 Å². The molecule has 2 rings (SSSR count). The number of carbonyl (C=O) groups is 1. The van der Waals surface area contributed by atoms with E-state index in [2.05, 4.69) is 46.7 Å². The van der Waals surface area contributed by atoms with Crippen LogP contribution < -0.4 is 11.0 Å². The molecule has 2 N–H and O–H groups in total. The first-order valence-corrected chi connectivity index (χ1v) is 8.74. The van der Waals surface area contributed by atoms with E-state index < -0.39 is 0 Å². The van der Waals surface area contributed by atoms with Crippen LogP contribution in [0.15, 0.2) is 39.1 Å². The van der Waals surface area contributed by atoms with Crippen LogP contribution in [0.3, 0.4) is 0 Å². The molecule has 0 radical (unpaired) electrons. The van der Waals surface area contributed by atoms with Gasteiger partial charge in [-0.1, -0.05) is 29.5 Å². The van der Waals surface area contributed by atoms with Crippen LogP contribution in [0.2, 0.25) is 0 Å². The Hall–Kier alpha value is -1.67. The molecule has 2 aromatic rings. The van der Waals surface area contributed by atoms with Crippen molar-refractivity contribution in [2.45, 2.75) is 17.0 Å². The zero-order valence-corrected chi connectivity index (χ0v) is 14.1. The highest BCUT2D eigenvalue weighted by molar-refractivity contribution is 7.99. The fraction of sp³-hybridized carbons (Fsp3) is 0.357. The Kier molecular flexibility index (Phi) is 6.14. The SMILES string of the molecule is Cc1ccc(SCCNC(=O)CSc2n[nH]c(=O)n2C)cc1. The minimum Gasteiger partial charge on any atom is -0.355 e. The summed E-state index contributed by atoms with van der Waals surface area (Å²) >= 11 is 2.94. The molecule has 0 aliphatic heterocycles. The van der Waals surface area contributed by atoms with Gasteiger partial charge in [-0.15, -0.1) is 16.9 Å². The Morgan fingerprint density at radius 2 is 2.05 bits per heavy atom. The van der Waals surface area contributed by atoms with Crippen molar-refractivity contribution < 1.29 is 4.79 Å². The lowest BCUT2D eigenvalue weighted by Gasteiger charge is -2.05. The molecule has 118 valence electrons. The summed E-state index contributed by atoms with van der Waals surface area (Å²) in [6.07, 6.45) is 0. The molecule has 1 heterocycles. The molecule has 0 aliphatic rings. The molecular weight excluding hydrogens is 320 g/mol. The number of thioether (sulfide) groups is 2. The summed E-state index contributed by atoms with van der Waals surface area (Å²) in [5.74, 6) is 0.998. The molecule has 6 nitrogen and oxygen atoms in total. The molecule has 0 saturated carbocycles. The number of hydrogen-bond acceptors (Lipinski definition) is 5. The first kappa shape index (κ1) is 16.7. The van der Waals surface area contributed by atoms with E-state index in [0.29, 0.717) is 11.7 Å². The lowest BCUT2D eigenvalue weighted by atomic mass is 10.2. The van der Waals surface area contributed by atoms with E-state index in [4.69, 9.17) is 0 Å². The number of benzene rings is 1. The summed E-state index contributed by atoms with van der Waals surface area (Å²) in [6, 6.07) is 8.31. The van der Waals surface area contributed by atoms with Crippen LogP contribution in [-0.4, -0.2) is 38.7 Å². The van der Waals surface area contributed by atoms with E-state index >= 15 is 0 Å². The van der Waals surface area contributed by atoms with Gasteiger partial charge in [0.2, 0.25) is 5.91 Å². The molecular formula is C14H18N4O2S2. The van der Waals surface area contributed by atoms with Crippen molar-refractivity contribution in [2.75, 3.05) is 18.1 Å². The summed E-state index contributed by atoms with van der Waals surface area (Å²) in [6.45, 7) is 2.67. The van der Waals surface area contributed by atoms with Gasteiger partial charge in [-0.25, -0.2) is 9.89 Å². The van der Waals surface area contributed by atoms with Crippen LogP contribution in [0.1, 0.15) is 5.56 Å². The highest BCUT2D eigenvalue weighted by Crippen LogP contribution is 2.17. The molecule has 22 heavy (non-hydrogen) atoms. The van der Waals surface area contributed by atoms with E-state index in [9.17, 15) is 9.59 Å². The van der Waals surface area contributed by atoms with E-state index in [-0.39, 0.29) is 17.3 Å². The largest absolute Gasteiger partial charge is 0.355 e. The molecule has 0 atom stereocenters. The molecule has 0 saturated heterocycles.